The summed E-state index contributed by atoms with van der Waals surface area (Å²) >= 11 is 0. The Labute approximate surface area is 181 Å². The molecule has 162 valence electrons. The molecule has 0 spiro atoms. The summed E-state index contributed by atoms with van der Waals surface area (Å²) in [6.07, 6.45) is 2.87. The molecule has 0 bridgehead atoms. The molecule has 4 rings (SSSR count). The Bertz CT molecular complexity index is 1120. The van der Waals surface area contributed by atoms with Gasteiger partial charge in [-0.25, -0.2) is 8.42 Å². The van der Waals surface area contributed by atoms with E-state index in [4.69, 9.17) is 10.5 Å². The predicted molar refractivity (Wildman–Crippen MR) is 117 cm³/mol. The van der Waals surface area contributed by atoms with Gasteiger partial charge >= 0.3 is 0 Å². The zero-order valence-corrected chi connectivity index (χ0v) is 17.8. The minimum atomic E-state index is -3.47. The maximum Gasteiger partial charge on any atom is 0.243 e. The van der Waals surface area contributed by atoms with Crippen LogP contribution in [0.25, 0.3) is 0 Å². The third kappa shape index (κ3) is 5.28. The van der Waals surface area contributed by atoms with Gasteiger partial charge in [0.25, 0.3) is 0 Å². The Morgan fingerprint density at radius 2 is 1.65 bits per heavy atom. The van der Waals surface area contributed by atoms with Gasteiger partial charge in [-0.2, -0.15) is 19.3 Å². The van der Waals surface area contributed by atoms with Crippen molar-refractivity contribution in [1.29, 1.82) is 0 Å². The molecule has 1 aliphatic heterocycles. The lowest BCUT2D eigenvalue weighted by Gasteiger charge is -2.25. The number of nitrogens with one attached hydrogen (secondary N) is 1. The summed E-state index contributed by atoms with van der Waals surface area (Å²) in [6, 6.07) is 15.8. The standard InChI is InChI=1S/C21H24N6O3S/c22-20-24-19(25-21(26-20)23-16-7-3-1-4-8-16)15-30-17-9-11-18(12-10-17)31(28,29)27-13-5-2-6-14-27/h1,3-4,7-12H,2,5-6,13-15H2,(H3,22,23,24,25,26). The molecule has 3 aromatic rings. The number of ether oxygens (including phenoxy) is 1. The molecule has 2 aromatic carbocycles. The molecule has 1 fully saturated rings. The van der Waals surface area contributed by atoms with Gasteiger partial charge in [-0.15, -0.1) is 0 Å². The van der Waals surface area contributed by atoms with Gasteiger partial charge < -0.3 is 15.8 Å². The van der Waals surface area contributed by atoms with Gasteiger partial charge in [0.15, 0.2) is 5.82 Å². The second kappa shape index (κ2) is 9.27. The van der Waals surface area contributed by atoms with Crippen LogP contribution in [-0.2, 0) is 16.6 Å². The fraction of sp³-hybridized carbons (Fsp3) is 0.286. The zero-order chi connectivity index (χ0) is 21.7. The Kier molecular flexibility index (Phi) is 6.28. The van der Waals surface area contributed by atoms with E-state index in [9.17, 15) is 8.42 Å². The molecular formula is C21H24N6O3S. The average Bonchev–Trinajstić information content (AvgIpc) is 2.79. The lowest BCUT2D eigenvalue weighted by Crippen LogP contribution is -2.35. The second-order valence-corrected chi connectivity index (χ2v) is 9.09. The van der Waals surface area contributed by atoms with E-state index < -0.39 is 10.0 Å². The lowest BCUT2D eigenvalue weighted by molar-refractivity contribution is 0.295. The lowest BCUT2D eigenvalue weighted by atomic mass is 10.2. The fourth-order valence-electron chi connectivity index (χ4n) is 3.32. The summed E-state index contributed by atoms with van der Waals surface area (Å²) in [4.78, 5) is 12.8. The van der Waals surface area contributed by atoms with Crippen LogP contribution in [0.15, 0.2) is 59.5 Å². The molecule has 0 aliphatic carbocycles. The van der Waals surface area contributed by atoms with Crippen molar-refractivity contribution in [3.8, 4) is 5.75 Å². The molecule has 9 nitrogen and oxygen atoms in total. The Hall–Kier alpha value is -3.24. The van der Waals surface area contributed by atoms with Crippen LogP contribution in [0.2, 0.25) is 0 Å². The number of aromatic nitrogens is 3. The van der Waals surface area contributed by atoms with Crippen LogP contribution in [0.1, 0.15) is 25.1 Å². The summed E-state index contributed by atoms with van der Waals surface area (Å²) in [5.74, 6) is 1.26. The van der Waals surface area contributed by atoms with Crippen LogP contribution in [0.5, 0.6) is 5.75 Å². The number of hydrogen-bond acceptors (Lipinski definition) is 8. The summed E-state index contributed by atoms with van der Waals surface area (Å²) in [5.41, 5.74) is 6.62. The van der Waals surface area contributed by atoms with Crippen LogP contribution in [-0.4, -0.2) is 40.8 Å². The van der Waals surface area contributed by atoms with E-state index in [2.05, 4.69) is 20.3 Å². The van der Waals surface area contributed by atoms with Crippen LogP contribution >= 0.6 is 0 Å². The zero-order valence-electron chi connectivity index (χ0n) is 16.9. The first-order valence-electron chi connectivity index (χ1n) is 10.1. The van der Waals surface area contributed by atoms with E-state index in [-0.39, 0.29) is 17.5 Å². The van der Waals surface area contributed by atoms with E-state index in [1.54, 1.807) is 28.6 Å². The minimum Gasteiger partial charge on any atom is -0.486 e. The summed E-state index contributed by atoms with van der Waals surface area (Å²) in [5, 5.41) is 3.07. The largest absolute Gasteiger partial charge is 0.486 e. The normalized spacial score (nSPS) is 14.8. The first-order chi connectivity index (χ1) is 15.0. The molecule has 0 amide bonds. The Morgan fingerprint density at radius 1 is 0.935 bits per heavy atom. The van der Waals surface area contributed by atoms with Gasteiger partial charge in [0.05, 0.1) is 4.90 Å². The summed E-state index contributed by atoms with van der Waals surface area (Å²) in [6.45, 7) is 1.20. The highest BCUT2D eigenvalue weighted by molar-refractivity contribution is 7.89. The van der Waals surface area contributed by atoms with Crippen molar-refractivity contribution in [2.45, 2.75) is 30.8 Å². The number of anilines is 3. The summed E-state index contributed by atoms with van der Waals surface area (Å²) < 4.78 is 32.7. The first-order valence-corrected chi connectivity index (χ1v) is 11.5. The van der Waals surface area contributed by atoms with E-state index in [1.165, 1.54) is 0 Å². The molecule has 0 radical (unpaired) electrons. The Morgan fingerprint density at radius 3 is 2.35 bits per heavy atom. The van der Waals surface area contributed by atoms with E-state index in [1.807, 2.05) is 30.3 Å². The van der Waals surface area contributed by atoms with Gasteiger partial charge in [-0.3, -0.25) is 0 Å². The number of benzene rings is 2. The van der Waals surface area contributed by atoms with Crippen molar-refractivity contribution in [2.75, 3.05) is 24.1 Å². The molecule has 1 aliphatic rings. The maximum atomic E-state index is 12.7. The second-order valence-electron chi connectivity index (χ2n) is 7.15. The number of rotatable bonds is 7. The maximum absolute atomic E-state index is 12.7. The predicted octanol–water partition coefficient (Wildman–Crippen LogP) is 2.95. The van der Waals surface area contributed by atoms with Crippen molar-refractivity contribution in [3.63, 3.8) is 0 Å². The smallest absolute Gasteiger partial charge is 0.243 e. The number of hydrogen-bond donors (Lipinski definition) is 2. The highest BCUT2D eigenvalue weighted by atomic mass is 32.2. The molecule has 1 saturated heterocycles. The molecule has 0 atom stereocenters. The van der Waals surface area contributed by atoms with Gasteiger partial charge in [0.1, 0.15) is 12.4 Å². The highest BCUT2D eigenvalue weighted by Gasteiger charge is 2.25. The number of piperidine rings is 1. The Balaban J connectivity index is 1.41. The highest BCUT2D eigenvalue weighted by Crippen LogP contribution is 2.23. The average molecular weight is 441 g/mol. The SMILES string of the molecule is Nc1nc(COc2ccc(S(=O)(=O)N3CCCCC3)cc2)nc(Nc2ccccc2)n1. The molecule has 0 unspecified atom stereocenters. The van der Waals surface area contributed by atoms with E-state index >= 15 is 0 Å². The van der Waals surface area contributed by atoms with Crippen molar-refractivity contribution >= 4 is 27.6 Å². The number of para-hydroxylation sites is 1. The molecule has 3 N–H and O–H groups in total. The number of nitrogen functional groups attached to an aromatic ring is 1. The van der Waals surface area contributed by atoms with Crippen molar-refractivity contribution in [2.24, 2.45) is 0 Å². The van der Waals surface area contributed by atoms with Gasteiger partial charge in [0.2, 0.25) is 21.9 Å². The molecule has 10 heteroatoms. The van der Waals surface area contributed by atoms with Crippen molar-refractivity contribution < 1.29 is 13.2 Å². The number of sulfonamides is 1. The third-order valence-electron chi connectivity index (χ3n) is 4.87. The number of nitrogens with zero attached hydrogens (tertiary/aromatic N) is 4. The van der Waals surface area contributed by atoms with Gasteiger partial charge in [0, 0.05) is 18.8 Å². The molecule has 31 heavy (non-hydrogen) atoms. The fourth-order valence-corrected chi connectivity index (χ4v) is 4.84. The summed E-state index contributed by atoms with van der Waals surface area (Å²) in [7, 11) is -3.47. The monoisotopic (exact) mass is 440 g/mol. The first kappa shape index (κ1) is 21.0. The topological polar surface area (TPSA) is 123 Å². The van der Waals surface area contributed by atoms with Crippen molar-refractivity contribution in [1.82, 2.24) is 19.3 Å². The van der Waals surface area contributed by atoms with E-state index in [0.717, 1.165) is 24.9 Å². The molecular weight excluding hydrogens is 416 g/mol. The minimum absolute atomic E-state index is 0.0639. The van der Waals surface area contributed by atoms with Gasteiger partial charge in [-0.05, 0) is 49.2 Å². The quantitative estimate of drug-likeness (QED) is 0.575. The molecule has 2 heterocycles. The third-order valence-corrected chi connectivity index (χ3v) is 6.79. The van der Waals surface area contributed by atoms with E-state index in [0.29, 0.717) is 30.6 Å². The van der Waals surface area contributed by atoms with Gasteiger partial charge in [-0.1, -0.05) is 24.6 Å². The van der Waals surface area contributed by atoms with Crippen molar-refractivity contribution in [3.05, 3.63) is 60.4 Å². The van der Waals surface area contributed by atoms with Crippen LogP contribution in [0.4, 0.5) is 17.6 Å². The molecule has 1 aromatic heterocycles. The molecule has 0 saturated carbocycles. The number of nitrogens with two attached hydrogens (primary N) is 1. The van der Waals surface area contributed by atoms with Crippen LogP contribution in [0.3, 0.4) is 0 Å². The van der Waals surface area contributed by atoms with Crippen LogP contribution in [0, 0.1) is 0 Å². The van der Waals surface area contributed by atoms with Crippen LogP contribution < -0.4 is 15.8 Å².